The number of nitrogens with one attached hydrogen (secondary N) is 1. The predicted octanol–water partition coefficient (Wildman–Crippen LogP) is 2.65. The van der Waals surface area contributed by atoms with Crippen LogP contribution in [0.1, 0.15) is 29.8 Å². The Bertz CT molecular complexity index is 486. The van der Waals surface area contributed by atoms with Crippen molar-refractivity contribution in [3.8, 4) is 0 Å². The van der Waals surface area contributed by atoms with E-state index in [1.54, 1.807) is 26.8 Å². The van der Waals surface area contributed by atoms with Crippen LogP contribution in [0.5, 0.6) is 0 Å². The molecule has 0 aliphatic carbocycles. The van der Waals surface area contributed by atoms with E-state index < -0.39 is 10.5 Å². The van der Waals surface area contributed by atoms with Gasteiger partial charge in [-0.05, 0) is 26.3 Å². The summed E-state index contributed by atoms with van der Waals surface area (Å²) in [6, 6.07) is 4.20. The summed E-state index contributed by atoms with van der Waals surface area (Å²) in [6.45, 7) is 5.29. The number of benzene rings is 1. The molecule has 0 saturated carbocycles. The molecular formula is C12H15ClN2O3. The van der Waals surface area contributed by atoms with Gasteiger partial charge in [-0.1, -0.05) is 6.07 Å². The third-order valence-corrected chi connectivity index (χ3v) is 3.13. The molecule has 0 atom stereocenters. The highest BCUT2D eigenvalue weighted by molar-refractivity contribution is 6.18. The van der Waals surface area contributed by atoms with Crippen molar-refractivity contribution in [1.82, 2.24) is 5.32 Å². The van der Waals surface area contributed by atoms with Crippen molar-refractivity contribution in [2.75, 3.05) is 5.88 Å². The maximum Gasteiger partial charge on any atom is 0.270 e. The Morgan fingerprint density at radius 3 is 2.61 bits per heavy atom. The second-order valence-corrected chi connectivity index (χ2v) is 5.00. The zero-order valence-electron chi connectivity index (χ0n) is 10.5. The molecule has 6 heteroatoms. The van der Waals surface area contributed by atoms with Crippen LogP contribution in [0.3, 0.4) is 0 Å². The first-order valence-corrected chi connectivity index (χ1v) is 5.94. The highest BCUT2D eigenvalue weighted by Crippen LogP contribution is 2.18. The van der Waals surface area contributed by atoms with Gasteiger partial charge in [0.25, 0.3) is 11.6 Å². The smallest absolute Gasteiger partial charge is 0.270 e. The van der Waals surface area contributed by atoms with Crippen LogP contribution in [0.4, 0.5) is 5.69 Å². The van der Waals surface area contributed by atoms with E-state index >= 15 is 0 Å². The molecule has 0 unspecified atom stereocenters. The zero-order valence-corrected chi connectivity index (χ0v) is 11.2. The Labute approximate surface area is 110 Å². The molecule has 1 N–H and O–H groups in total. The van der Waals surface area contributed by atoms with Gasteiger partial charge in [0.1, 0.15) is 0 Å². The van der Waals surface area contributed by atoms with Crippen molar-refractivity contribution in [1.29, 1.82) is 0 Å². The molecule has 1 rings (SSSR count). The number of amides is 1. The van der Waals surface area contributed by atoms with Gasteiger partial charge < -0.3 is 5.32 Å². The lowest BCUT2D eigenvalue weighted by molar-refractivity contribution is -0.384. The van der Waals surface area contributed by atoms with Crippen molar-refractivity contribution in [2.45, 2.75) is 26.3 Å². The minimum absolute atomic E-state index is 0.102. The molecule has 18 heavy (non-hydrogen) atoms. The molecule has 0 spiro atoms. The highest BCUT2D eigenvalue weighted by atomic mass is 35.5. The minimum atomic E-state index is -0.560. The van der Waals surface area contributed by atoms with E-state index in [9.17, 15) is 14.9 Å². The van der Waals surface area contributed by atoms with Gasteiger partial charge >= 0.3 is 0 Å². The second kappa shape index (κ2) is 5.35. The fourth-order valence-corrected chi connectivity index (χ4v) is 1.44. The lowest BCUT2D eigenvalue weighted by Crippen LogP contribution is -2.45. The van der Waals surface area contributed by atoms with E-state index in [1.807, 2.05) is 0 Å². The largest absolute Gasteiger partial charge is 0.346 e. The van der Waals surface area contributed by atoms with Gasteiger partial charge in [-0.2, -0.15) is 0 Å². The van der Waals surface area contributed by atoms with Crippen LogP contribution in [0, 0.1) is 17.0 Å². The molecule has 0 aromatic heterocycles. The topological polar surface area (TPSA) is 72.2 Å². The molecule has 0 bridgehead atoms. The van der Waals surface area contributed by atoms with E-state index in [0.717, 1.165) is 0 Å². The van der Waals surface area contributed by atoms with Gasteiger partial charge in [0.05, 0.1) is 4.92 Å². The number of carbonyl (C=O) groups is 1. The summed E-state index contributed by atoms with van der Waals surface area (Å²) in [4.78, 5) is 22.2. The molecule has 0 fully saturated rings. The molecule has 0 heterocycles. The number of halogens is 1. The molecular weight excluding hydrogens is 256 g/mol. The number of hydrogen-bond acceptors (Lipinski definition) is 3. The lowest BCUT2D eigenvalue weighted by Gasteiger charge is -2.23. The van der Waals surface area contributed by atoms with Crippen molar-refractivity contribution < 1.29 is 9.72 Å². The number of nitro groups is 1. The number of rotatable bonds is 4. The lowest BCUT2D eigenvalue weighted by atomic mass is 10.0. The van der Waals surface area contributed by atoms with E-state index in [1.165, 1.54) is 12.1 Å². The molecule has 0 saturated heterocycles. The van der Waals surface area contributed by atoms with E-state index in [0.29, 0.717) is 11.1 Å². The summed E-state index contributed by atoms with van der Waals surface area (Å²) in [5, 5.41) is 13.4. The SMILES string of the molecule is Cc1ccc([N+](=O)[O-])cc1C(=O)NC(C)(C)CCl. The van der Waals surface area contributed by atoms with Gasteiger partial charge in [0, 0.05) is 29.1 Å². The summed E-state index contributed by atoms with van der Waals surface area (Å²) in [5.74, 6) is -0.103. The van der Waals surface area contributed by atoms with Crippen LogP contribution in [-0.2, 0) is 0 Å². The molecule has 5 nitrogen and oxygen atoms in total. The average Bonchev–Trinajstić information content (AvgIpc) is 2.28. The standard InChI is InChI=1S/C12H15ClN2O3/c1-8-4-5-9(15(17)18)6-10(8)11(16)14-12(2,3)7-13/h4-6H,7H2,1-3H3,(H,14,16). The van der Waals surface area contributed by atoms with E-state index in [4.69, 9.17) is 11.6 Å². The highest BCUT2D eigenvalue weighted by Gasteiger charge is 2.22. The number of non-ortho nitro benzene ring substituents is 1. The maximum absolute atomic E-state index is 12.0. The zero-order chi connectivity index (χ0) is 13.9. The number of carbonyl (C=O) groups excluding carboxylic acids is 1. The summed E-state index contributed by atoms with van der Waals surface area (Å²) >= 11 is 5.72. The summed E-state index contributed by atoms with van der Waals surface area (Å²) in [5.41, 5.74) is 0.315. The van der Waals surface area contributed by atoms with E-state index in [2.05, 4.69) is 5.32 Å². The Morgan fingerprint density at radius 2 is 2.11 bits per heavy atom. The van der Waals surface area contributed by atoms with Gasteiger partial charge in [-0.3, -0.25) is 14.9 Å². The van der Waals surface area contributed by atoms with Gasteiger partial charge in [-0.15, -0.1) is 11.6 Å². The van der Waals surface area contributed by atoms with Gasteiger partial charge in [0.2, 0.25) is 0 Å². The summed E-state index contributed by atoms with van der Waals surface area (Å²) in [6.07, 6.45) is 0. The Balaban J connectivity index is 3.05. The molecule has 0 aliphatic heterocycles. The maximum atomic E-state index is 12.0. The predicted molar refractivity (Wildman–Crippen MR) is 70.1 cm³/mol. The molecule has 0 aliphatic rings. The Hall–Kier alpha value is -1.62. The Morgan fingerprint density at radius 1 is 1.50 bits per heavy atom. The third-order valence-electron chi connectivity index (χ3n) is 2.46. The van der Waals surface area contributed by atoms with Gasteiger partial charge in [-0.25, -0.2) is 0 Å². The van der Waals surface area contributed by atoms with Gasteiger partial charge in [0.15, 0.2) is 0 Å². The third kappa shape index (κ3) is 3.43. The van der Waals surface area contributed by atoms with Crippen molar-refractivity contribution in [3.05, 3.63) is 39.4 Å². The van der Waals surface area contributed by atoms with Crippen LogP contribution in [0.2, 0.25) is 0 Å². The first-order valence-electron chi connectivity index (χ1n) is 5.40. The molecule has 1 amide bonds. The van der Waals surface area contributed by atoms with Crippen LogP contribution in [-0.4, -0.2) is 22.2 Å². The van der Waals surface area contributed by atoms with Crippen molar-refractivity contribution in [3.63, 3.8) is 0 Å². The number of alkyl halides is 1. The molecule has 1 aromatic carbocycles. The molecule has 0 radical (unpaired) electrons. The van der Waals surface area contributed by atoms with Crippen molar-refractivity contribution in [2.24, 2.45) is 0 Å². The summed E-state index contributed by atoms with van der Waals surface area (Å²) in [7, 11) is 0. The van der Waals surface area contributed by atoms with Crippen LogP contribution in [0.15, 0.2) is 18.2 Å². The quantitative estimate of drug-likeness (QED) is 0.519. The number of aryl methyl sites for hydroxylation is 1. The number of nitrogens with zero attached hydrogens (tertiary/aromatic N) is 1. The first-order chi connectivity index (χ1) is 8.26. The fraction of sp³-hybridized carbons (Fsp3) is 0.417. The van der Waals surface area contributed by atoms with Crippen molar-refractivity contribution >= 4 is 23.2 Å². The molecule has 98 valence electrons. The average molecular weight is 271 g/mol. The Kier molecular flexibility index (Phi) is 4.29. The number of nitro benzene ring substituents is 1. The van der Waals surface area contributed by atoms with Crippen LogP contribution in [0.25, 0.3) is 0 Å². The molecule has 1 aromatic rings. The van der Waals surface area contributed by atoms with Crippen LogP contribution < -0.4 is 5.32 Å². The fourth-order valence-electron chi connectivity index (χ4n) is 1.38. The second-order valence-electron chi connectivity index (χ2n) is 4.73. The number of hydrogen-bond donors (Lipinski definition) is 1. The minimum Gasteiger partial charge on any atom is -0.346 e. The summed E-state index contributed by atoms with van der Waals surface area (Å²) < 4.78 is 0. The van der Waals surface area contributed by atoms with E-state index in [-0.39, 0.29) is 17.5 Å². The first kappa shape index (κ1) is 14.4. The van der Waals surface area contributed by atoms with Crippen LogP contribution >= 0.6 is 11.6 Å². The monoisotopic (exact) mass is 270 g/mol. The normalized spacial score (nSPS) is 11.1.